The van der Waals surface area contributed by atoms with E-state index in [0.717, 1.165) is 0 Å². The fraction of sp³-hybridized carbons (Fsp3) is 0.909. The quantitative estimate of drug-likeness (QED) is 0.706. The molecule has 0 spiro atoms. The van der Waals surface area contributed by atoms with Gasteiger partial charge >= 0.3 is 0 Å². The second kappa shape index (κ2) is 4.23. The number of nitrogens with one attached hydrogen (secondary N) is 1. The summed E-state index contributed by atoms with van der Waals surface area (Å²) in [6.45, 7) is 8.17. The molecule has 1 rings (SSSR count). The Kier molecular flexibility index (Phi) is 3.48. The molecule has 0 aromatic rings. The Balaban J connectivity index is 2.51. The predicted molar refractivity (Wildman–Crippen MR) is 54.6 cm³/mol. The van der Waals surface area contributed by atoms with Gasteiger partial charge in [0.05, 0.1) is 6.04 Å². The molecule has 2 nitrogen and oxygen atoms in total. The molecule has 0 aromatic carbocycles. The van der Waals surface area contributed by atoms with E-state index in [1.54, 1.807) is 0 Å². The fourth-order valence-corrected chi connectivity index (χ4v) is 1.60. The molecule has 1 atom stereocenters. The maximum Gasteiger partial charge on any atom is 0.152 e. The first-order valence-electron chi connectivity index (χ1n) is 5.32. The zero-order valence-electron chi connectivity index (χ0n) is 9.13. The summed E-state index contributed by atoms with van der Waals surface area (Å²) < 4.78 is 0. The Morgan fingerprint density at radius 3 is 2.08 bits per heavy atom. The van der Waals surface area contributed by atoms with E-state index in [2.05, 4.69) is 19.2 Å². The third-order valence-electron chi connectivity index (χ3n) is 2.48. The lowest BCUT2D eigenvalue weighted by molar-refractivity contribution is -0.124. The normalized spacial score (nSPS) is 19.5. The summed E-state index contributed by atoms with van der Waals surface area (Å²) >= 11 is 0. The Morgan fingerprint density at radius 2 is 1.77 bits per heavy atom. The van der Waals surface area contributed by atoms with E-state index in [1.165, 1.54) is 12.8 Å². The van der Waals surface area contributed by atoms with Crippen molar-refractivity contribution >= 4 is 5.78 Å². The zero-order valence-corrected chi connectivity index (χ0v) is 9.13. The van der Waals surface area contributed by atoms with Gasteiger partial charge in [-0.05, 0) is 18.8 Å². The van der Waals surface area contributed by atoms with Gasteiger partial charge in [0.25, 0.3) is 0 Å². The molecule has 0 saturated heterocycles. The third-order valence-corrected chi connectivity index (χ3v) is 2.48. The topological polar surface area (TPSA) is 29.1 Å². The van der Waals surface area contributed by atoms with Crippen LogP contribution in [0.3, 0.4) is 0 Å². The molecule has 1 aliphatic rings. The van der Waals surface area contributed by atoms with Gasteiger partial charge < -0.3 is 5.32 Å². The lowest BCUT2D eigenvalue weighted by Crippen LogP contribution is -2.44. The number of hydrogen-bond donors (Lipinski definition) is 1. The molecule has 13 heavy (non-hydrogen) atoms. The standard InChI is InChI=1S/C11H21NO/c1-7(2)11(13)10(9-5-6-9)12-8(3)4/h7-10,12H,5-6H2,1-4H3. The van der Waals surface area contributed by atoms with Crippen molar-refractivity contribution < 1.29 is 4.79 Å². The molecule has 0 aliphatic heterocycles. The van der Waals surface area contributed by atoms with E-state index in [4.69, 9.17) is 0 Å². The summed E-state index contributed by atoms with van der Waals surface area (Å²) in [4.78, 5) is 11.8. The molecule has 0 heterocycles. The van der Waals surface area contributed by atoms with Crippen molar-refractivity contribution in [2.75, 3.05) is 0 Å². The molecule has 1 aliphatic carbocycles. The van der Waals surface area contributed by atoms with Gasteiger partial charge in [0.2, 0.25) is 0 Å². The van der Waals surface area contributed by atoms with Crippen LogP contribution in [0.4, 0.5) is 0 Å². The minimum atomic E-state index is 0.125. The summed E-state index contributed by atoms with van der Waals surface area (Å²) in [6.07, 6.45) is 2.45. The first-order valence-corrected chi connectivity index (χ1v) is 5.32. The summed E-state index contributed by atoms with van der Waals surface area (Å²) in [5.74, 6) is 1.17. The van der Waals surface area contributed by atoms with Crippen LogP contribution in [0.5, 0.6) is 0 Å². The van der Waals surface area contributed by atoms with Crippen LogP contribution < -0.4 is 5.32 Å². The van der Waals surface area contributed by atoms with Crippen molar-refractivity contribution in [1.82, 2.24) is 5.32 Å². The van der Waals surface area contributed by atoms with Gasteiger partial charge in [-0.15, -0.1) is 0 Å². The van der Waals surface area contributed by atoms with Crippen LogP contribution in [-0.2, 0) is 4.79 Å². The van der Waals surface area contributed by atoms with Gasteiger partial charge in [0.1, 0.15) is 0 Å². The lowest BCUT2D eigenvalue weighted by Gasteiger charge is -2.21. The van der Waals surface area contributed by atoms with E-state index in [-0.39, 0.29) is 12.0 Å². The second-order valence-corrected chi connectivity index (χ2v) is 4.69. The number of Topliss-reactive ketones (excluding diaryl/α,β-unsaturated/α-hetero) is 1. The average Bonchev–Trinajstić information content (AvgIpc) is 2.80. The van der Waals surface area contributed by atoms with Crippen molar-refractivity contribution in [2.45, 2.75) is 52.6 Å². The SMILES string of the molecule is CC(C)NC(C(=O)C(C)C)C1CC1. The van der Waals surface area contributed by atoms with Gasteiger partial charge in [0, 0.05) is 12.0 Å². The van der Waals surface area contributed by atoms with Gasteiger partial charge in [-0.2, -0.15) is 0 Å². The van der Waals surface area contributed by atoms with E-state index in [9.17, 15) is 4.79 Å². The van der Waals surface area contributed by atoms with Crippen molar-refractivity contribution in [1.29, 1.82) is 0 Å². The molecular weight excluding hydrogens is 162 g/mol. The zero-order chi connectivity index (χ0) is 10.0. The van der Waals surface area contributed by atoms with Crippen molar-refractivity contribution in [3.8, 4) is 0 Å². The molecule has 1 N–H and O–H groups in total. The molecule has 0 radical (unpaired) electrons. The van der Waals surface area contributed by atoms with E-state index >= 15 is 0 Å². The van der Waals surface area contributed by atoms with E-state index in [0.29, 0.717) is 17.7 Å². The predicted octanol–water partition coefficient (Wildman–Crippen LogP) is 1.99. The third kappa shape index (κ3) is 3.11. The summed E-state index contributed by atoms with van der Waals surface area (Å²) in [6, 6.07) is 0.535. The molecular formula is C11H21NO. The van der Waals surface area contributed by atoms with Crippen LogP contribution in [-0.4, -0.2) is 17.9 Å². The molecule has 0 bridgehead atoms. The molecule has 1 saturated carbocycles. The number of ketones is 1. The van der Waals surface area contributed by atoms with Gasteiger partial charge in [-0.1, -0.05) is 27.7 Å². The van der Waals surface area contributed by atoms with Crippen molar-refractivity contribution in [3.63, 3.8) is 0 Å². The monoisotopic (exact) mass is 183 g/mol. The summed E-state index contributed by atoms with van der Waals surface area (Å²) in [5.41, 5.74) is 0. The van der Waals surface area contributed by atoms with Crippen LogP contribution in [0.1, 0.15) is 40.5 Å². The lowest BCUT2D eigenvalue weighted by atomic mass is 9.97. The Hall–Kier alpha value is -0.370. The first kappa shape index (κ1) is 10.7. The Morgan fingerprint density at radius 1 is 1.23 bits per heavy atom. The molecule has 2 heteroatoms. The fourth-order valence-electron chi connectivity index (χ4n) is 1.60. The summed E-state index contributed by atoms with van der Waals surface area (Å²) in [5, 5.41) is 3.37. The highest BCUT2D eigenvalue weighted by Crippen LogP contribution is 2.34. The van der Waals surface area contributed by atoms with Crippen molar-refractivity contribution in [2.24, 2.45) is 11.8 Å². The number of hydrogen-bond acceptors (Lipinski definition) is 2. The van der Waals surface area contributed by atoms with Crippen LogP contribution in [0.25, 0.3) is 0 Å². The molecule has 76 valence electrons. The second-order valence-electron chi connectivity index (χ2n) is 4.69. The Bertz CT molecular complexity index is 183. The largest absolute Gasteiger partial charge is 0.305 e. The number of carbonyl (C=O) groups is 1. The van der Waals surface area contributed by atoms with Gasteiger partial charge in [-0.3, -0.25) is 4.79 Å². The maximum atomic E-state index is 11.8. The minimum Gasteiger partial charge on any atom is -0.305 e. The molecule has 1 unspecified atom stereocenters. The Labute approximate surface area is 81.1 Å². The highest BCUT2D eigenvalue weighted by molar-refractivity contribution is 5.86. The van der Waals surface area contributed by atoms with Gasteiger partial charge in [0.15, 0.2) is 5.78 Å². The number of rotatable bonds is 5. The molecule has 1 fully saturated rings. The van der Waals surface area contributed by atoms with E-state index < -0.39 is 0 Å². The first-order chi connectivity index (χ1) is 6.02. The number of carbonyl (C=O) groups excluding carboxylic acids is 1. The van der Waals surface area contributed by atoms with Crippen LogP contribution in [0, 0.1) is 11.8 Å². The van der Waals surface area contributed by atoms with Crippen LogP contribution in [0.2, 0.25) is 0 Å². The van der Waals surface area contributed by atoms with Crippen LogP contribution >= 0.6 is 0 Å². The summed E-state index contributed by atoms with van der Waals surface area (Å²) in [7, 11) is 0. The van der Waals surface area contributed by atoms with Crippen LogP contribution in [0.15, 0.2) is 0 Å². The van der Waals surface area contributed by atoms with Gasteiger partial charge in [-0.25, -0.2) is 0 Å². The highest BCUT2D eigenvalue weighted by atomic mass is 16.1. The average molecular weight is 183 g/mol. The maximum absolute atomic E-state index is 11.8. The smallest absolute Gasteiger partial charge is 0.152 e. The van der Waals surface area contributed by atoms with E-state index in [1.807, 2.05) is 13.8 Å². The molecule has 0 aromatic heterocycles. The van der Waals surface area contributed by atoms with Crippen molar-refractivity contribution in [3.05, 3.63) is 0 Å². The molecule has 0 amide bonds. The minimum absolute atomic E-state index is 0.125. The highest BCUT2D eigenvalue weighted by Gasteiger charge is 2.36.